The highest BCUT2D eigenvalue weighted by molar-refractivity contribution is 6.33. The van der Waals surface area contributed by atoms with E-state index in [9.17, 15) is 18.0 Å². The van der Waals surface area contributed by atoms with Crippen molar-refractivity contribution in [2.45, 2.75) is 12.6 Å². The normalized spacial score (nSPS) is 11.4. The van der Waals surface area contributed by atoms with E-state index in [0.717, 1.165) is 4.90 Å². The lowest BCUT2D eigenvalue weighted by atomic mass is 10.2. The van der Waals surface area contributed by atoms with E-state index in [4.69, 9.17) is 17.3 Å². The number of nitrogens with two attached hydrogens (primary N) is 1. The number of hydrogen-bond donors (Lipinski definition) is 1. The number of rotatable bonds is 3. The molecule has 7 heteroatoms. The SMILES string of the molecule is CN(CCC(F)(F)F)C(=O)c1ccc(N)c(Cl)c1. The summed E-state index contributed by atoms with van der Waals surface area (Å²) in [5.41, 5.74) is 5.99. The third kappa shape index (κ3) is 4.10. The number of benzene rings is 1. The lowest BCUT2D eigenvalue weighted by Crippen LogP contribution is -2.30. The van der Waals surface area contributed by atoms with Gasteiger partial charge in [0.05, 0.1) is 17.1 Å². The minimum atomic E-state index is -4.28. The number of carbonyl (C=O) groups excluding carboxylic acids is 1. The van der Waals surface area contributed by atoms with Crippen molar-refractivity contribution in [3.63, 3.8) is 0 Å². The average Bonchev–Trinajstić information content (AvgIpc) is 2.27. The lowest BCUT2D eigenvalue weighted by Gasteiger charge is -2.18. The molecule has 18 heavy (non-hydrogen) atoms. The van der Waals surface area contributed by atoms with Crippen molar-refractivity contribution in [3.8, 4) is 0 Å². The molecule has 0 bridgehead atoms. The van der Waals surface area contributed by atoms with Crippen LogP contribution >= 0.6 is 11.6 Å². The number of hydrogen-bond acceptors (Lipinski definition) is 2. The molecule has 0 aliphatic rings. The molecule has 0 aliphatic heterocycles. The molecule has 1 aromatic rings. The van der Waals surface area contributed by atoms with Crippen molar-refractivity contribution in [1.29, 1.82) is 0 Å². The van der Waals surface area contributed by atoms with Gasteiger partial charge in [0.1, 0.15) is 0 Å². The third-order valence-electron chi connectivity index (χ3n) is 2.32. The molecule has 0 atom stereocenters. The molecular weight excluding hydrogens is 269 g/mol. The first-order valence-corrected chi connectivity index (χ1v) is 5.46. The molecule has 0 radical (unpaired) electrons. The topological polar surface area (TPSA) is 46.3 Å². The largest absolute Gasteiger partial charge is 0.398 e. The van der Waals surface area contributed by atoms with Crippen molar-refractivity contribution < 1.29 is 18.0 Å². The van der Waals surface area contributed by atoms with Gasteiger partial charge in [-0.2, -0.15) is 13.2 Å². The van der Waals surface area contributed by atoms with Crippen LogP contribution in [0.1, 0.15) is 16.8 Å². The van der Waals surface area contributed by atoms with Crippen molar-refractivity contribution in [1.82, 2.24) is 4.90 Å². The number of nitrogens with zero attached hydrogens (tertiary/aromatic N) is 1. The van der Waals surface area contributed by atoms with E-state index >= 15 is 0 Å². The molecular formula is C11H12ClF3N2O. The smallest absolute Gasteiger partial charge is 0.390 e. The number of carbonyl (C=O) groups is 1. The summed E-state index contributed by atoms with van der Waals surface area (Å²) in [7, 11) is 1.30. The number of alkyl halides is 3. The zero-order valence-electron chi connectivity index (χ0n) is 9.59. The summed E-state index contributed by atoms with van der Waals surface area (Å²) in [6.45, 7) is -0.398. The van der Waals surface area contributed by atoms with E-state index < -0.39 is 25.0 Å². The fourth-order valence-electron chi connectivity index (χ4n) is 1.28. The maximum Gasteiger partial charge on any atom is 0.390 e. The van der Waals surface area contributed by atoms with Gasteiger partial charge < -0.3 is 10.6 Å². The van der Waals surface area contributed by atoms with Crippen LogP contribution in [0.5, 0.6) is 0 Å². The summed E-state index contributed by atoms with van der Waals surface area (Å²) in [6, 6.07) is 4.20. The van der Waals surface area contributed by atoms with Crippen LogP contribution < -0.4 is 5.73 Å². The van der Waals surface area contributed by atoms with Gasteiger partial charge >= 0.3 is 6.18 Å². The molecule has 1 rings (SSSR count). The summed E-state index contributed by atoms with van der Waals surface area (Å²) >= 11 is 5.74. The highest BCUT2D eigenvalue weighted by Gasteiger charge is 2.28. The van der Waals surface area contributed by atoms with Gasteiger partial charge in [-0.15, -0.1) is 0 Å². The van der Waals surface area contributed by atoms with Gasteiger partial charge in [0.2, 0.25) is 0 Å². The Labute approximate surface area is 107 Å². The predicted molar refractivity (Wildman–Crippen MR) is 63.5 cm³/mol. The Morgan fingerprint density at radius 2 is 2.06 bits per heavy atom. The van der Waals surface area contributed by atoms with Crippen LogP contribution in [0.25, 0.3) is 0 Å². The molecule has 0 aliphatic carbocycles. The number of anilines is 1. The monoisotopic (exact) mass is 280 g/mol. The fraction of sp³-hybridized carbons (Fsp3) is 0.364. The summed E-state index contributed by atoms with van der Waals surface area (Å²) < 4.78 is 36.1. The first-order valence-electron chi connectivity index (χ1n) is 5.08. The average molecular weight is 281 g/mol. The second-order valence-corrected chi connectivity index (χ2v) is 4.24. The van der Waals surface area contributed by atoms with Crippen LogP contribution in [0.2, 0.25) is 5.02 Å². The first-order chi connectivity index (χ1) is 8.20. The van der Waals surface area contributed by atoms with Crippen LogP contribution in [0.4, 0.5) is 18.9 Å². The van der Waals surface area contributed by atoms with Crippen LogP contribution in [0.15, 0.2) is 18.2 Å². The first kappa shape index (κ1) is 14.6. The van der Waals surface area contributed by atoms with Gasteiger partial charge in [-0.3, -0.25) is 4.79 Å². The van der Waals surface area contributed by atoms with Crippen molar-refractivity contribution >= 4 is 23.2 Å². The predicted octanol–water partition coefficient (Wildman–Crippen LogP) is 2.95. The van der Waals surface area contributed by atoms with Crippen LogP contribution in [0.3, 0.4) is 0 Å². The van der Waals surface area contributed by atoms with Gasteiger partial charge in [0, 0.05) is 19.2 Å². The molecule has 0 heterocycles. The second-order valence-electron chi connectivity index (χ2n) is 3.83. The zero-order valence-corrected chi connectivity index (χ0v) is 10.3. The minimum Gasteiger partial charge on any atom is -0.398 e. The number of amides is 1. The molecule has 0 aromatic heterocycles. The Bertz CT molecular complexity index is 448. The molecule has 100 valence electrons. The highest BCUT2D eigenvalue weighted by Crippen LogP contribution is 2.22. The number of halogens is 4. The molecule has 0 spiro atoms. The minimum absolute atomic E-state index is 0.199. The van der Waals surface area contributed by atoms with Gasteiger partial charge in [0.15, 0.2) is 0 Å². The lowest BCUT2D eigenvalue weighted by molar-refractivity contribution is -0.136. The van der Waals surface area contributed by atoms with E-state index in [2.05, 4.69) is 0 Å². The van der Waals surface area contributed by atoms with Gasteiger partial charge in [-0.05, 0) is 18.2 Å². The van der Waals surface area contributed by atoms with E-state index in [1.807, 2.05) is 0 Å². The van der Waals surface area contributed by atoms with Gasteiger partial charge in [-0.25, -0.2) is 0 Å². The highest BCUT2D eigenvalue weighted by atomic mass is 35.5. The molecule has 2 N–H and O–H groups in total. The van der Waals surface area contributed by atoms with Crippen molar-refractivity contribution in [2.75, 3.05) is 19.3 Å². The Morgan fingerprint density at radius 3 is 2.56 bits per heavy atom. The molecule has 1 amide bonds. The summed E-state index contributed by atoms with van der Waals surface area (Å²) in [6.07, 6.45) is -5.33. The van der Waals surface area contributed by atoms with Crippen LogP contribution in [-0.2, 0) is 0 Å². The fourth-order valence-corrected chi connectivity index (χ4v) is 1.46. The Balaban J connectivity index is 2.71. The maximum atomic E-state index is 12.0. The molecule has 1 aromatic carbocycles. The van der Waals surface area contributed by atoms with E-state index in [1.54, 1.807) is 0 Å². The van der Waals surface area contributed by atoms with Crippen molar-refractivity contribution in [3.05, 3.63) is 28.8 Å². The quantitative estimate of drug-likeness (QED) is 0.865. The Morgan fingerprint density at radius 1 is 1.44 bits per heavy atom. The molecule has 0 saturated carbocycles. The molecule has 3 nitrogen and oxygen atoms in total. The summed E-state index contributed by atoms with van der Waals surface area (Å²) in [4.78, 5) is 12.8. The second kappa shape index (κ2) is 5.48. The van der Waals surface area contributed by atoms with E-state index in [0.29, 0.717) is 5.69 Å². The molecule has 0 fully saturated rings. The van der Waals surface area contributed by atoms with Crippen LogP contribution in [0, 0.1) is 0 Å². The summed E-state index contributed by atoms with van der Waals surface area (Å²) in [5.74, 6) is -0.527. The molecule has 0 unspecified atom stereocenters. The van der Waals surface area contributed by atoms with Crippen LogP contribution in [-0.4, -0.2) is 30.6 Å². The molecule has 0 saturated heterocycles. The Kier molecular flexibility index (Phi) is 4.45. The van der Waals surface area contributed by atoms with Gasteiger partial charge in [0.25, 0.3) is 5.91 Å². The third-order valence-corrected chi connectivity index (χ3v) is 2.65. The maximum absolute atomic E-state index is 12.0. The number of nitrogen functional groups attached to an aromatic ring is 1. The Hall–Kier alpha value is -1.43. The summed E-state index contributed by atoms with van der Waals surface area (Å²) in [5, 5.41) is 0.199. The standard InChI is InChI=1S/C11H12ClF3N2O/c1-17(5-4-11(13,14)15)10(18)7-2-3-9(16)8(12)6-7/h2-3,6H,4-5,16H2,1H3. The van der Waals surface area contributed by atoms with Crippen molar-refractivity contribution in [2.24, 2.45) is 0 Å². The van der Waals surface area contributed by atoms with E-state index in [-0.39, 0.29) is 10.6 Å². The van der Waals surface area contributed by atoms with E-state index in [1.165, 1.54) is 25.2 Å². The zero-order chi connectivity index (χ0) is 13.9. The van der Waals surface area contributed by atoms with Gasteiger partial charge in [-0.1, -0.05) is 11.6 Å².